The van der Waals surface area contributed by atoms with E-state index >= 15 is 0 Å². The third-order valence-electron chi connectivity index (χ3n) is 2.67. The fourth-order valence-electron chi connectivity index (χ4n) is 1.77. The van der Waals surface area contributed by atoms with Crippen molar-refractivity contribution in [3.8, 4) is 0 Å². The number of amides is 1. The minimum atomic E-state index is -3.47. The molecular weight excluding hydrogens is 266 g/mol. The second kappa shape index (κ2) is 5.41. The highest BCUT2D eigenvalue weighted by Crippen LogP contribution is 2.14. The fourth-order valence-corrected chi connectivity index (χ4v) is 2.31. The van der Waals surface area contributed by atoms with Gasteiger partial charge < -0.3 is 10.3 Å². The predicted octanol–water partition coefficient (Wildman–Crippen LogP) is 0.576. The number of carbonyl (C=O) groups excluding carboxylic acids is 1. The number of sulfonamides is 1. The Morgan fingerprint density at radius 1 is 1.32 bits per heavy atom. The molecule has 2 aromatic rings. The molecule has 0 saturated carbocycles. The van der Waals surface area contributed by atoms with E-state index in [1.807, 2.05) is 24.3 Å². The van der Waals surface area contributed by atoms with Crippen molar-refractivity contribution in [1.29, 1.82) is 0 Å². The normalized spacial score (nSPS) is 11.6. The zero-order chi connectivity index (χ0) is 13.9. The lowest BCUT2D eigenvalue weighted by atomic mass is 10.2. The molecule has 0 aliphatic heterocycles. The number of para-hydroxylation sites is 1. The quantitative estimate of drug-likeness (QED) is 0.698. The van der Waals surface area contributed by atoms with Crippen LogP contribution in [0.1, 0.15) is 16.9 Å². The van der Waals surface area contributed by atoms with Crippen LogP contribution in [0, 0.1) is 0 Å². The molecule has 0 fully saturated rings. The van der Waals surface area contributed by atoms with Crippen molar-refractivity contribution in [2.75, 3.05) is 12.3 Å². The third kappa shape index (κ3) is 3.80. The van der Waals surface area contributed by atoms with Crippen molar-refractivity contribution in [2.24, 2.45) is 5.14 Å². The van der Waals surface area contributed by atoms with Crippen LogP contribution >= 0.6 is 0 Å². The van der Waals surface area contributed by atoms with Crippen molar-refractivity contribution in [2.45, 2.75) is 6.42 Å². The standard InChI is InChI=1S/C12H15N3O3S/c13-19(17,18)7-3-6-14-12(16)11-8-9-4-1-2-5-10(9)15-11/h1-2,4-5,8,15H,3,6-7H2,(H,14,16)(H2,13,17,18). The minimum Gasteiger partial charge on any atom is -0.351 e. The summed E-state index contributed by atoms with van der Waals surface area (Å²) >= 11 is 0. The van der Waals surface area contributed by atoms with Gasteiger partial charge in [-0.15, -0.1) is 0 Å². The molecule has 19 heavy (non-hydrogen) atoms. The van der Waals surface area contributed by atoms with Crippen molar-refractivity contribution >= 4 is 26.8 Å². The van der Waals surface area contributed by atoms with Crippen molar-refractivity contribution in [3.63, 3.8) is 0 Å². The summed E-state index contributed by atoms with van der Waals surface area (Å²) in [5.41, 5.74) is 1.34. The lowest BCUT2D eigenvalue weighted by Gasteiger charge is -2.02. The molecule has 1 amide bonds. The van der Waals surface area contributed by atoms with Crippen LogP contribution in [0.4, 0.5) is 0 Å². The smallest absolute Gasteiger partial charge is 0.267 e. The summed E-state index contributed by atoms with van der Waals surface area (Å²) in [6.45, 7) is 0.268. The molecule has 0 atom stereocenters. The number of hydrogen-bond acceptors (Lipinski definition) is 3. The van der Waals surface area contributed by atoms with Gasteiger partial charge in [-0.25, -0.2) is 13.6 Å². The first-order valence-electron chi connectivity index (χ1n) is 5.82. The number of rotatable bonds is 5. The molecule has 1 aromatic carbocycles. The van der Waals surface area contributed by atoms with Crippen LogP contribution in [0.2, 0.25) is 0 Å². The highest BCUT2D eigenvalue weighted by Gasteiger charge is 2.09. The largest absolute Gasteiger partial charge is 0.351 e. The van der Waals surface area contributed by atoms with Crippen LogP contribution in [0.25, 0.3) is 10.9 Å². The van der Waals surface area contributed by atoms with Crippen LogP contribution in [-0.4, -0.2) is 31.6 Å². The first-order valence-corrected chi connectivity index (χ1v) is 7.54. The van der Waals surface area contributed by atoms with Crippen LogP contribution in [0.3, 0.4) is 0 Å². The average Bonchev–Trinajstić information content (AvgIpc) is 2.77. The molecular formula is C12H15N3O3S. The zero-order valence-corrected chi connectivity index (χ0v) is 11.0. The molecule has 0 radical (unpaired) electrons. The second-order valence-electron chi connectivity index (χ2n) is 4.25. The number of carbonyl (C=O) groups is 1. The van der Waals surface area contributed by atoms with E-state index in [4.69, 9.17) is 5.14 Å². The van der Waals surface area contributed by atoms with E-state index in [1.165, 1.54) is 0 Å². The Hall–Kier alpha value is -1.86. The summed E-state index contributed by atoms with van der Waals surface area (Å²) in [4.78, 5) is 14.8. The van der Waals surface area contributed by atoms with E-state index in [1.54, 1.807) is 6.07 Å². The van der Waals surface area contributed by atoms with E-state index < -0.39 is 10.0 Å². The highest BCUT2D eigenvalue weighted by atomic mass is 32.2. The molecule has 0 bridgehead atoms. The Bertz CT molecular complexity index is 658. The van der Waals surface area contributed by atoms with Crippen LogP contribution in [0.5, 0.6) is 0 Å². The maximum Gasteiger partial charge on any atom is 0.267 e. The Labute approximate surface area is 111 Å². The molecule has 7 heteroatoms. The van der Waals surface area contributed by atoms with Gasteiger partial charge in [0.15, 0.2) is 0 Å². The van der Waals surface area contributed by atoms with Gasteiger partial charge in [-0.1, -0.05) is 18.2 Å². The SMILES string of the molecule is NS(=O)(=O)CCCNC(=O)c1cc2ccccc2[nH]1. The number of nitrogens with one attached hydrogen (secondary N) is 2. The molecule has 0 unspecified atom stereocenters. The lowest BCUT2D eigenvalue weighted by molar-refractivity contribution is 0.0949. The van der Waals surface area contributed by atoms with Gasteiger partial charge in [-0.3, -0.25) is 4.79 Å². The summed E-state index contributed by atoms with van der Waals surface area (Å²) in [5.74, 6) is -0.398. The summed E-state index contributed by atoms with van der Waals surface area (Å²) in [6.07, 6.45) is 0.296. The summed E-state index contributed by atoms with van der Waals surface area (Å²) in [5, 5.41) is 8.47. The molecule has 2 rings (SSSR count). The van der Waals surface area contributed by atoms with Gasteiger partial charge in [-0.2, -0.15) is 0 Å². The number of aromatic amines is 1. The van der Waals surface area contributed by atoms with Gasteiger partial charge in [0, 0.05) is 17.4 Å². The number of fused-ring (bicyclic) bond motifs is 1. The molecule has 0 saturated heterocycles. The summed E-state index contributed by atoms with van der Waals surface area (Å²) in [6, 6.07) is 9.32. The van der Waals surface area contributed by atoms with Gasteiger partial charge in [0.25, 0.3) is 5.91 Å². The molecule has 6 nitrogen and oxygen atoms in total. The van der Waals surface area contributed by atoms with Gasteiger partial charge in [0.2, 0.25) is 10.0 Å². The van der Waals surface area contributed by atoms with Crippen molar-refractivity contribution in [1.82, 2.24) is 10.3 Å². The summed E-state index contributed by atoms with van der Waals surface area (Å²) < 4.78 is 21.4. The number of benzene rings is 1. The Balaban J connectivity index is 1.93. The minimum absolute atomic E-state index is 0.139. The van der Waals surface area contributed by atoms with Gasteiger partial charge >= 0.3 is 0 Å². The van der Waals surface area contributed by atoms with E-state index in [0.29, 0.717) is 12.1 Å². The van der Waals surface area contributed by atoms with E-state index in [0.717, 1.165) is 10.9 Å². The fraction of sp³-hybridized carbons (Fsp3) is 0.250. The predicted molar refractivity (Wildman–Crippen MR) is 73.2 cm³/mol. The second-order valence-corrected chi connectivity index (χ2v) is 5.98. The molecule has 102 valence electrons. The van der Waals surface area contributed by atoms with Crippen LogP contribution < -0.4 is 10.5 Å². The van der Waals surface area contributed by atoms with E-state index in [2.05, 4.69) is 10.3 Å². The first kappa shape index (κ1) is 13.6. The Morgan fingerprint density at radius 3 is 2.74 bits per heavy atom. The number of nitrogens with two attached hydrogens (primary N) is 1. The molecule has 0 aliphatic carbocycles. The lowest BCUT2D eigenvalue weighted by Crippen LogP contribution is -2.27. The molecule has 1 heterocycles. The van der Waals surface area contributed by atoms with Crippen LogP contribution in [-0.2, 0) is 10.0 Å². The maximum atomic E-state index is 11.8. The Kier molecular flexibility index (Phi) is 3.87. The number of hydrogen-bond donors (Lipinski definition) is 3. The monoisotopic (exact) mass is 281 g/mol. The first-order chi connectivity index (χ1) is 8.96. The van der Waals surface area contributed by atoms with Crippen molar-refractivity contribution in [3.05, 3.63) is 36.0 Å². The van der Waals surface area contributed by atoms with E-state index in [9.17, 15) is 13.2 Å². The zero-order valence-electron chi connectivity index (χ0n) is 10.2. The molecule has 0 aliphatic rings. The third-order valence-corrected chi connectivity index (χ3v) is 3.52. The Morgan fingerprint density at radius 2 is 2.05 bits per heavy atom. The van der Waals surface area contributed by atoms with E-state index in [-0.39, 0.29) is 18.2 Å². The van der Waals surface area contributed by atoms with Crippen molar-refractivity contribution < 1.29 is 13.2 Å². The number of H-pyrrole nitrogens is 1. The highest BCUT2D eigenvalue weighted by molar-refractivity contribution is 7.89. The van der Waals surface area contributed by atoms with Gasteiger partial charge in [0.05, 0.1) is 5.75 Å². The molecule has 1 aromatic heterocycles. The molecule has 4 N–H and O–H groups in total. The average molecular weight is 281 g/mol. The van der Waals surface area contributed by atoms with Crippen LogP contribution in [0.15, 0.2) is 30.3 Å². The summed E-state index contributed by atoms with van der Waals surface area (Å²) in [7, 11) is -3.47. The van der Waals surface area contributed by atoms with Gasteiger partial charge in [0.1, 0.15) is 5.69 Å². The van der Waals surface area contributed by atoms with Gasteiger partial charge in [-0.05, 0) is 18.6 Å². The molecule has 0 spiro atoms. The number of aromatic nitrogens is 1. The topological polar surface area (TPSA) is 105 Å². The maximum absolute atomic E-state index is 11.8. The number of primary sulfonamides is 1.